The molecule has 1 heterocycles. The van der Waals surface area contributed by atoms with Crippen molar-refractivity contribution in [1.29, 1.82) is 0 Å². The van der Waals surface area contributed by atoms with Crippen LogP contribution in [0.3, 0.4) is 0 Å². The van der Waals surface area contributed by atoms with Crippen LogP contribution in [0, 0.1) is 0 Å². The highest BCUT2D eigenvalue weighted by Crippen LogP contribution is 2.03. The van der Waals surface area contributed by atoms with Gasteiger partial charge in [0.1, 0.15) is 6.34 Å². The van der Waals surface area contributed by atoms with Crippen molar-refractivity contribution in [2.45, 2.75) is 0 Å². The fourth-order valence-corrected chi connectivity index (χ4v) is 1.01. The summed E-state index contributed by atoms with van der Waals surface area (Å²) in [5.41, 5.74) is 4.07. The third-order valence-corrected chi connectivity index (χ3v) is 1.62. The Morgan fingerprint density at radius 2 is 1.92 bits per heavy atom. The van der Waals surface area contributed by atoms with E-state index in [0.717, 1.165) is 0 Å². The van der Waals surface area contributed by atoms with E-state index >= 15 is 0 Å². The molecule has 0 saturated heterocycles. The molecule has 4 heteroatoms. The Kier molecular flexibility index (Phi) is 1.88. The molecule has 1 aromatic rings. The zero-order valence-electron chi connectivity index (χ0n) is 6.71. The third kappa shape index (κ3) is 1.46. The lowest BCUT2D eigenvalue weighted by molar-refractivity contribution is 0.106. The fourth-order valence-electron chi connectivity index (χ4n) is 1.01. The lowest BCUT2D eigenvalue weighted by atomic mass is 10.1. The standard InChI is InChI=1S/C9H6N3O/c13-8(9-10-6-11-12-9)7-4-2-1-3-5-7/h1-6H. The van der Waals surface area contributed by atoms with Gasteiger partial charge < -0.3 is 0 Å². The molecule has 1 aliphatic heterocycles. The summed E-state index contributed by atoms with van der Waals surface area (Å²) in [4.78, 5) is 15.3. The molecule has 0 unspecified atom stereocenters. The van der Waals surface area contributed by atoms with Crippen LogP contribution in [0.4, 0.5) is 0 Å². The molecule has 0 aromatic heterocycles. The summed E-state index contributed by atoms with van der Waals surface area (Å²) in [6.07, 6.45) is 1.26. The summed E-state index contributed by atoms with van der Waals surface area (Å²) in [7, 11) is 0. The molecule has 0 aliphatic carbocycles. The predicted molar refractivity (Wildman–Crippen MR) is 48.8 cm³/mol. The number of carbonyl (C=O) groups is 1. The van der Waals surface area contributed by atoms with E-state index in [4.69, 9.17) is 0 Å². The molecule has 4 nitrogen and oxygen atoms in total. The van der Waals surface area contributed by atoms with Crippen LogP contribution in [0.25, 0.3) is 0 Å². The average Bonchev–Trinajstić information content (AvgIpc) is 2.71. The van der Waals surface area contributed by atoms with E-state index in [-0.39, 0.29) is 11.6 Å². The second-order valence-corrected chi connectivity index (χ2v) is 2.48. The average molecular weight is 172 g/mol. The quantitative estimate of drug-likeness (QED) is 0.609. The SMILES string of the molecule is O=C(C1=N[N]C=N1)c1ccccc1. The van der Waals surface area contributed by atoms with Gasteiger partial charge in [-0.2, -0.15) is 0 Å². The Bertz CT molecular complexity index is 381. The Morgan fingerprint density at radius 1 is 1.15 bits per heavy atom. The molecular formula is C9H6N3O. The van der Waals surface area contributed by atoms with Gasteiger partial charge in [-0.15, -0.1) is 10.5 Å². The molecule has 0 saturated carbocycles. The topological polar surface area (TPSA) is 55.9 Å². The van der Waals surface area contributed by atoms with Crippen LogP contribution >= 0.6 is 0 Å². The van der Waals surface area contributed by atoms with Crippen LogP contribution in [0.2, 0.25) is 0 Å². The van der Waals surface area contributed by atoms with Gasteiger partial charge in [0, 0.05) is 5.56 Å². The number of nitrogens with zero attached hydrogens (tertiary/aromatic N) is 3. The Morgan fingerprint density at radius 3 is 2.54 bits per heavy atom. The molecule has 0 N–H and O–H groups in total. The van der Waals surface area contributed by atoms with Crippen molar-refractivity contribution in [2.75, 3.05) is 0 Å². The first kappa shape index (κ1) is 7.67. The van der Waals surface area contributed by atoms with Crippen molar-refractivity contribution < 1.29 is 4.79 Å². The number of benzene rings is 1. The van der Waals surface area contributed by atoms with E-state index in [2.05, 4.69) is 15.5 Å². The van der Waals surface area contributed by atoms with Crippen molar-refractivity contribution in [3.05, 3.63) is 35.9 Å². The largest absolute Gasteiger partial charge is 0.285 e. The van der Waals surface area contributed by atoms with Crippen molar-refractivity contribution in [2.24, 2.45) is 10.1 Å². The van der Waals surface area contributed by atoms with E-state index in [9.17, 15) is 4.79 Å². The number of ketones is 1. The summed E-state index contributed by atoms with van der Waals surface area (Å²) in [6.45, 7) is 0. The van der Waals surface area contributed by atoms with Crippen molar-refractivity contribution in [3.8, 4) is 0 Å². The Labute approximate surface area is 75.0 Å². The van der Waals surface area contributed by atoms with Gasteiger partial charge in [0.25, 0.3) is 0 Å². The fraction of sp³-hybridized carbons (Fsp3) is 0. The van der Waals surface area contributed by atoms with Gasteiger partial charge in [-0.25, -0.2) is 4.99 Å². The minimum absolute atomic E-state index is 0.145. The van der Waals surface area contributed by atoms with E-state index in [1.54, 1.807) is 24.3 Å². The lowest BCUT2D eigenvalue weighted by Gasteiger charge is -1.94. The van der Waals surface area contributed by atoms with Crippen LogP contribution in [0.1, 0.15) is 10.4 Å². The molecule has 13 heavy (non-hydrogen) atoms. The van der Waals surface area contributed by atoms with Gasteiger partial charge >= 0.3 is 0 Å². The summed E-state index contributed by atoms with van der Waals surface area (Å²) < 4.78 is 0. The number of Topliss-reactive ketones (excluding diaryl/α,β-unsaturated/α-hetero) is 1. The van der Waals surface area contributed by atoms with Crippen LogP contribution in [0.5, 0.6) is 0 Å². The summed E-state index contributed by atoms with van der Waals surface area (Å²) in [6, 6.07) is 8.88. The maximum atomic E-state index is 11.5. The highest BCUT2D eigenvalue weighted by atomic mass is 16.1. The van der Waals surface area contributed by atoms with Gasteiger partial charge in [-0.1, -0.05) is 30.3 Å². The van der Waals surface area contributed by atoms with E-state index in [1.807, 2.05) is 6.07 Å². The predicted octanol–water partition coefficient (Wildman–Crippen LogP) is 0.829. The van der Waals surface area contributed by atoms with Crippen LogP contribution in [0.15, 0.2) is 40.4 Å². The minimum Gasteiger partial charge on any atom is -0.285 e. The molecule has 63 valence electrons. The molecule has 0 bridgehead atoms. The second kappa shape index (κ2) is 3.18. The Hall–Kier alpha value is -1.97. The maximum absolute atomic E-state index is 11.5. The smallest absolute Gasteiger partial charge is 0.232 e. The monoisotopic (exact) mass is 172 g/mol. The van der Waals surface area contributed by atoms with Crippen LogP contribution in [-0.2, 0) is 0 Å². The van der Waals surface area contributed by atoms with Crippen molar-refractivity contribution >= 4 is 18.0 Å². The molecule has 0 fully saturated rings. The minimum atomic E-state index is -0.196. The normalized spacial score (nSPS) is 13.7. The van der Waals surface area contributed by atoms with Crippen LogP contribution < -0.4 is 5.43 Å². The maximum Gasteiger partial charge on any atom is 0.232 e. The highest BCUT2D eigenvalue weighted by Gasteiger charge is 2.15. The molecule has 1 radical (unpaired) electrons. The van der Waals surface area contributed by atoms with Crippen molar-refractivity contribution in [3.63, 3.8) is 0 Å². The summed E-state index contributed by atoms with van der Waals surface area (Å²) >= 11 is 0. The van der Waals surface area contributed by atoms with Gasteiger partial charge in [0.15, 0.2) is 0 Å². The van der Waals surface area contributed by atoms with E-state index < -0.39 is 0 Å². The van der Waals surface area contributed by atoms with E-state index in [1.165, 1.54) is 6.34 Å². The molecule has 1 aromatic carbocycles. The molecule has 2 rings (SSSR count). The number of carbonyl (C=O) groups excluding carboxylic acids is 1. The molecule has 1 aliphatic rings. The third-order valence-electron chi connectivity index (χ3n) is 1.62. The zero-order valence-corrected chi connectivity index (χ0v) is 6.71. The van der Waals surface area contributed by atoms with Gasteiger partial charge in [-0.05, 0) is 0 Å². The molecule has 0 spiro atoms. The lowest BCUT2D eigenvalue weighted by Crippen LogP contribution is -2.09. The van der Waals surface area contributed by atoms with E-state index in [0.29, 0.717) is 5.56 Å². The van der Waals surface area contributed by atoms with Gasteiger partial charge in [0.05, 0.1) is 0 Å². The summed E-state index contributed by atoms with van der Waals surface area (Å²) in [5.74, 6) is -0.0516. The van der Waals surface area contributed by atoms with Gasteiger partial charge in [0.2, 0.25) is 11.6 Å². The molecule has 0 amide bonds. The zero-order chi connectivity index (χ0) is 9.10. The molecule has 0 atom stereocenters. The first-order valence-electron chi connectivity index (χ1n) is 3.78. The first-order valence-corrected chi connectivity index (χ1v) is 3.78. The van der Waals surface area contributed by atoms with Crippen molar-refractivity contribution in [1.82, 2.24) is 5.43 Å². The number of hydrogen-bond donors (Lipinski definition) is 0. The van der Waals surface area contributed by atoms with Crippen LogP contribution in [-0.4, -0.2) is 18.0 Å². The number of rotatable bonds is 2. The number of hydrogen-bond acceptors (Lipinski definition) is 3. The number of aliphatic imine (C=N–C) groups is 1. The van der Waals surface area contributed by atoms with Gasteiger partial charge in [-0.3, -0.25) is 4.79 Å². The first-order chi connectivity index (χ1) is 6.38. The number of amidine groups is 1. The highest BCUT2D eigenvalue weighted by molar-refractivity contribution is 6.46. The summed E-state index contributed by atoms with van der Waals surface area (Å²) in [5, 5.41) is 3.58. The second-order valence-electron chi connectivity index (χ2n) is 2.48. The Balaban J connectivity index is 2.28. The molecular weight excluding hydrogens is 166 g/mol.